The van der Waals surface area contributed by atoms with Crippen LogP contribution in [-0.2, 0) is 9.84 Å². The fourth-order valence-corrected chi connectivity index (χ4v) is 3.83. The fraction of sp³-hybridized carbons (Fsp3) is 0.625. The van der Waals surface area contributed by atoms with Crippen molar-refractivity contribution in [2.24, 2.45) is 0 Å². The zero-order valence-electron chi connectivity index (χ0n) is 8.73. The van der Waals surface area contributed by atoms with E-state index < -0.39 is 15.1 Å². The Morgan fingerprint density at radius 1 is 1.24 bits per heavy atom. The lowest BCUT2D eigenvalue weighted by Gasteiger charge is -2.10. The third kappa shape index (κ3) is 3.17. The molecule has 1 aromatic rings. The predicted molar refractivity (Wildman–Crippen MR) is 65.1 cm³/mol. The number of halogens is 2. The largest absolute Gasteiger partial charge is 0.353 e. The van der Waals surface area contributed by atoms with Crippen LogP contribution in [0.4, 0.5) is 5.95 Å². The summed E-state index contributed by atoms with van der Waals surface area (Å²) >= 11 is 11.2. The van der Waals surface area contributed by atoms with Crippen LogP contribution in [0.15, 0.2) is 0 Å². The number of sulfone groups is 1. The lowest BCUT2D eigenvalue weighted by molar-refractivity contribution is 0.591. The summed E-state index contributed by atoms with van der Waals surface area (Å²) in [6, 6.07) is 0. The van der Waals surface area contributed by atoms with Crippen molar-refractivity contribution in [1.82, 2.24) is 15.0 Å². The lowest BCUT2D eigenvalue weighted by Crippen LogP contribution is -2.25. The molecule has 2 heterocycles. The second-order valence-corrected chi connectivity index (χ2v) is 6.79. The van der Waals surface area contributed by atoms with Crippen LogP contribution < -0.4 is 5.32 Å². The number of aromatic nitrogens is 3. The Hall–Kier alpha value is -0.660. The summed E-state index contributed by atoms with van der Waals surface area (Å²) < 4.78 is 23.1. The second kappa shape index (κ2) is 4.91. The van der Waals surface area contributed by atoms with Crippen LogP contribution in [0, 0.1) is 0 Å². The van der Waals surface area contributed by atoms with Gasteiger partial charge in [0.25, 0.3) is 0 Å². The number of nitrogens with one attached hydrogen (secondary N) is 1. The highest BCUT2D eigenvalue weighted by atomic mass is 35.5. The van der Waals surface area contributed by atoms with Crippen LogP contribution >= 0.6 is 23.2 Å². The molecule has 9 heteroatoms. The molecule has 2 rings (SSSR count). The smallest absolute Gasteiger partial charge is 0.228 e. The van der Waals surface area contributed by atoms with Gasteiger partial charge in [-0.1, -0.05) is 0 Å². The van der Waals surface area contributed by atoms with Crippen molar-refractivity contribution in [1.29, 1.82) is 0 Å². The summed E-state index contributed by atoms with van der Waals surface area (Å²) in [5, 5.41) is 2.37. The van der Waals surface area contributed by atoms with Gasteiger partial charge >= 0.3 is 0 Å². The van der Waals surface area contributed by atoms with Gasteiger partial charge in [-0.2, -0.15) is 15.0 Å². The molecule has 0 aromatic carbocycles. The van der Waals surface area contributed by atoms with Gasteiger partial charge in [0.2, 0.25) is 16.5 Å². The van der Waals surface area contributed by atoms with E-state index in [-0.39, 0.29) is 28.8 Å². The Labute approximate surface area is 109 Å². The van der Waals surface area contributed by atoms with Gasteiger partial charge in [-0.15, -0.1) is 0 Å². The summed E-state index contributed by atoms with van der Waals surface area (Å²) in [5.74, 6) is 0.440. The zero-order valence-corrected chi connectivity index (χ0v) is 11.1. The minimum Gasteiger partial charge on any atom is -0.353 e. The average molecular weight is 297 g/mol. The molecule has 0 spiro atoms. The Morgan fingerprint density at radius 3 is 2.41 bits per heavy atom. The van der Waals surface area contributed by atoms with Crippen LogP contribution in [0.3, 0.4) is 0 Å². The molecule has 1 unspecified atom stereocenters. The van der Waals surface area contributed by atoms with Crippen LogP contribution in [0.5, 0.6) is 0 Å². The molecule has 6 nitrogen and oxygen atoms in total. The standard InChI is InChI=1S/C8H10Cl2N4O2S/c9-6-12-7(10)14-8(13-6)11-4-5-2-1-3-17(5,15)16/h5H,1-4H2,(H,11,12,13,14). The maximum atomic E-state index is 11.6. The quantitative estimate of drug-likeness (QED) is 0.901. The van der Waals surface area contributed by atoms with E-state index in [4.69, 9.17) is 23.2 Å². The number of anilines is 1. The maximum absolute atomic E-state index is 11.6. The zero-order chi connectivity index (χ0) is 12.5. The first-order valence-corrected chi connectivity index (χ1v) is 7.47. The summed E-state index contributed by atoms with van der Waals surface area (Å²) in [6.07, 6.45) is 1.36. The van der Waals surface area contributed by atoms with E-state index in [0.717, 1.165) is 0 Å². The minimum atomic E-state index is -2.98. The van der Waals surface area contributed by atoms with Crippen molar-refractivity contribution < 1.29 is 8.42 Å². The molecule has 1 fully saturated rings. The highest BCUT2D eigenvalue weighted by Gasteiger charge is 2.31. The first-order valence-electron chi connectivity index (χ1n) is 5.00. The van der Waals surface area contributed by atoms with Crippen molar-refractivity contribution in [3.63, 3.8) is 0 Å². The summed E-state index contributed by atoms with van der Waals surface area (Å²) in [5.41, 5.74) is 0. The molecule has 0 saturated carbocycles. The van der Waals surface area contributed by atoms with E-state index in [1.165, 1.54) is 0 Å². The highest BCUT2D eigenvalue weighted by molar-refractivity contribution is 7.92. The van der Waals surface area contributed by atoms with Gasteiger partial charge in [0.05, 0.1) is 11.0 Å². The van der Waals surface area contributed by atoms with Crippen molar-refractivity contribution in [2.75, 3.05) is 17.6 Å². The minimum absolute atomic E-state index is 0.0261. The van der Waals surface area contributed by atoms with Crippen LogP contribution in [-0.4, -0.2) is 40.9 Å². The summed E-state index contributed by atoms with van der Waals surface area (Å²) in [6.45, 7) is 0.263. The Morgan fingerprint density at radius 2 is 1.88 bits per heavy atom. The predicted octanol–water partition coefficient (Wildman–Crippen LogP) is 1.17. The second-order valence-electron chi connectivity index (χ2n) is 3.71. The van der Waals surface area contributed by atoms with Crippen molar-refractivity contribution in [3.8, 4) is 0 Å². The fourth-order valence-electron chi connectivity index (χ4n) is 1.70. The van der Waals surface area contributed by atoms with Crippen molar-refractivity contribution in [2.45, 2.75) is 18.1 Å². The number of rotatable bonds is 3. The molecule has 1 atom stereocenters. The Kier molecular flexibility index (Phi) is 3.70. The van der Waals surface area contributed by atoms with Crippen molar-refractivity contribution >= 4 is 39.0 Å². The molecular weight excluding hydrogens is 287 g/mol. The van der Waals surface area contributed by atoms with Gasteiger partial charge in [-0.05, 0) is 36.0 Å². The molecule has 1 aliphatic rings. The Balaban J connectivity index is 2.03. The van der Waals surface area contributed by atoms with Crippen LogP contribution in [0.25, 0.3) is 0 Å². The molecule has 0 radical (unpaired) electrons. The first kappa shape index (κ1) is 12.8. The molecule has 0 amide bonds. The van der Waals surface area contributed by atoms with Gasteiger partial charge in [0.15, 0.2) is 9.84 Å². The number of hydrogen-bond acceptors (Lipinski definition) is 6. The SMILES string of the molecule is O=S1(=O)CCCC1CNc1nc(Cl)nc(Cl)n1. The van der Waals surface area contributed by atoms with Gasteiger partial charge in [0, 0.05) is 6.54 Å². The molecule has 1 saturated heterocycles. The number of hydrogen-bond donors (Lipinski definition) is 1. The normalized spacial score (nSPS) is 22.6. The molecule has 94 valence electrons. The first-order chi connectivity index (χ1) is 7.97. The average Bonchev–Trinajstić information content (AvgIpc) is 2.53. The maximum Gasteiger partial charge on any atom is 0.228 e. The van der Waals surface area contributed by atoms with Gasteiger partial charge < -0.3 is 5.32 Å². The van der Waals surface area contributed by atoms with Crippen LogP contribution in [0.2, 0.25) is 10.6 Å². The lowest BCUT2D eigenvalue weighted by atomic mass is 10.2. The van der Waals surface area contributed by atoms with E-state index in [1.54, 1.807) is 0 Å². The van der Waals surface area contributed by atoms with Gasteiger partial charge in [-0.25, -0.2) is 8.42 Å². The Bertz CT molecular complexity index is 502. The molecular formula is C8H10Cl2N4O2S. The third-order valence-corrected chi connectivity index (χ3v) is 5.15. The van der Waals surface area contributed by atoms with Crippen molar-refractivity contribution in [3.05, 3.63) is 10.6 Å². The van der Waals surface area contributed by atoms with E-state index >= 15 is 0 Å². The van der Waals surface area contributed by atoms with E-state index in [0.29, 0.717) is 12.8 Å². The van der Waals surface area contributed by atoms with Gasteiger partial charge in [-0.3, -0.25) is 0 Å². The molecule has 0 aliphatic carbocycles. The number of nitrogens with zero attached hydrogens (tertiary/aromatic N) is 3. The monoisotopic (exact) mass is 296 g/mol. The molecule has 1 N–H and O–H groups in total. The van der Waals surface area contributed by atoms with E-state index in [1.807, 2.05) is 0 Å². The van der Waals surface area contributed by atoms with E-state index in [9.17, 15) is 8.42 Å². The van der Waals surface area contributed by atoms with Gasteiger partial charge in [0.1, 0.15) is 0 Å². The third-order valence-electron chi connectivity index (χ3n) is 2.53. The summed E-state index contributed by atoms with van der Waals surface area (Å²) in [7, 11) is -2.98. The molecule has 1 aliphatic heterocycles. The topological polar surface area (TPSA) is 84.8 Å². The van der Waals surface area contributed by atoms with E-state index in [2.05, 4.69) is 20.3 Å². The summed E-state index contributed by atoms with van der Waals surface area (Å²) in [4.78, 5) is 11.2. The van der Waals surface area contributed by atoms with Crippen LogP contribution in [0.1, 0.15) is 12.8 Å². The molecule has 17 heavy (non-hydrogen) atoms. The molecule has 0 bridgehead atoms. The highest BCUT2D eigenvalue weighted by Crippen LogP contribution is 2.20. The molecule has 1 aromatic heterocycles.